The smallest absolute Gasteiger partial charge is 0.187 e. The van der Waals surface area contributed by atoms with E-state index < -0.39 is 0 Å². The van der Waals surface area contributed by atoms with Crippen LogP contribution in [0.25, 0.3) is 0 Å². The van der Waals surface area contributed by atoms with E-state index in [0.717, 1.165) is 10.6 Å². The van der Waals surface area contributed by atoms with E-state index in [4.69, 9.17) is 0 Å². The molecule has 0 amide bonds. The van der Waals surface area contributed by atoms with Gasteiger partial charge < -0.3 is 0 Å². The highest BCUT2D eigenvalue weighted by molar-refractivity contribution is 6.04. The molecule has 2 aromatic rings. The number of rotatable bonds is 6. The number of hydrogen-bond acceptors (Lipinski definition) is 3. The van der Waals surface area contributed by atoms with Crippen molar-refractivity contribution < 1.29 is 14.4 Å². The lowest BCUT2D eigenvalue weighted by atomic mass is 10.1. The summed E-state index contributed by atoms with van der Waals surface area (Å²) in [5, 5.41) is 10.7. The monoisotopic (exact) mass is 285 g/mol. The van der Waals surface area contributed by atoms with Gasteiger partial charge in [0, 0.05) is 24.4 Å². The van der Waals surface area contributed by atoms with E-state index in [1.165, 1.54) is 36.5 Å². The number of allylic oxidation sites excluding steroid dienone is 1. The van der Waals surface area contributed by atoms with E-state index in [1.54, 1.807) is 0 Å². The van der Waals surface area contributed by atoms with Crippen molar-refractivity contribution >= 4 is 5.78 Å². The van der Waals surface area contributed by atoms with Crippen LogP contribution in [0.3, 0.4) is 0 Å². The number of ketones is 1. The van der Waals surface area contributed by atoms with Crippen molar-refractivity contribution in [2.75, 3.05) is 6.54 Å². The van der Waals surface area contributed by atoms with Crippen LogP contribution in [0, 0.1) is 5.82 Å². The van der Waals surface area contributed by atoms with Crippen molar-refractivity contribution in [3.63, 3.8) is 0 Å². The van der Waals surface area contributed by atoms with E-state index >= 15 is 0 Å². The van der Waals surface area contributed by atoms with Crippen molar-refractivity contribution in [3.8, 4) is 0 Å². The maximum absolute atomic E-state index is 12.7. The lowest BCUT2D eigenvalue weighted by Crippen LogP contribution is -2.15. The van der Waals surface area contributed by atoms with Crippen LogP contribution in [0.2, 0.25) is 0 Å². The quantitative estimate of drug-likeness (QED) is 0.502. The summed E-state index contributed by atoms with van der Waals surface area (Å²) in [6.07, 6.45) is 3.25. The fourth-order valence-corrected chi connectivity index (χ4v) is 1.83. The van der Waals surface area contributed by atoms with Crippen molar-refractivity contribution in [1.82, 2.24) is 5.06 Å². The molecule has 4 heteroatoms. The van der Waals surface area contributed by atoms with Crippen molar-refractivity contribution in [2.45, 2.75) is 6.42 Å². The van der Waals surface area contributed by atoms with Crippen LogP contribution >= 0.6 is 0 Å². The second kappa shape index (κ2) is 7.36. The number of halogens is 1. The first-order valence-corrected chi connectivity index (χ1v) is 6.63. The van der Waals surface area contributed by atoms with Gasteiger partial charge in [0.05, 0.1) is 0 Å². The molecule has 108 valence electrons. The normalized spacial score (nSPS) is 10.8. The minimum atomic E-state index is -0.387. The third-order valence-corrected chi connectivity index (χ3v) is 3.00. The second-order valence-electron chi connectivity index (χ2n) is 4.59. The standard InChI is InChI=1S/C17H16FNO2/c18-16-8-6-15(7-9-16)17(20)11-13-19(21)12-10-14-4-2-1-3-5-14/h1-9,11,13,21H,10,12H2/b13-11-. The largest absolute Gasteiger partial charge is 0.289 e. The molecular formula is C17H16FNO2. The molecule has 21 heavy (non-hydrogen) atoms. The van der Waals surface area contributed by atoms with Crippen LogP contribution < -0.4 is 0 Å². The summed E-state index contributed by atoms with van der Waals surface area (Å²) in [5.41, 5.74) is 1.49. The van der Waals surface area contributed by atoms with Crippen LogP contribution in [0.5, 0.6) is 0 Å². The predicted molar refractivity (Wildman–Crippen MR) is 78.5 cm³/mol. The van der Waals surface area contributed by atoms with Gasteiger partial charge in [-0.1, -0.05) is 30.3 Å². The average molecular weight is 285 g/mol. The summed E-state index contributed by atoms with van der Waals surface area (Å²) in [5.74, 6) is -0.670. The van der Waals surface area contributed by atoms with E-state index in [0.29, 0.717) is 18.5 Å². The molecule has 0 heterocycles. The van der Waals surface area contributed by atoms with Crippen LogP contribution in [0.15, 0.2) is 66.9 Å². The lowest BCUT2D eigenvalue weighted by molar-refractivity contribution is -0.0395. The maximum atomic E-state index is 12.7. The zero-order chi connectivity index (χ0) is 15.1. The molecule has 2 rings (SSSR count). The van der Waals surface area contributed by atoms with Crippen LogP contribution in [-0.4, -0.2) is 22.6 Å². The molecular weight excluding hydrogens is 269 g/mol. The summed E-state index contributed by atoms with van der Waals surface area (Å²) in [6, 6.07) is 15.0. The van der Waals surface area contributed by atoms with E-state index in [1.807, 2.05) is 30.3 Å². The van der Waals surface area contributed by atoms with Crippen LogP contribution in [-0.2, 0) is 6.42 Å². The average Bonchev–Trinajstić information content (AvgIpc) is 2.52. The van der Waals surface area contributed by atoms with Gasteiger partial charge in [-0.15, -0.1) is 0 Å². The number of hydrogen-bond donors (Lipinski definition) is 1. The molecule has 0 radical (unpaired) electrons. The number of carbonyl (C=O) groups excluding carboxylic acids is 1. The summed E-state index contributed by atoms with van der Waals surface area (Å²) in [4.78, 5) is 11.8. The number of carbonyl (C=O) groups is 1. The highest BCUT2D eigenvalue weighted by Crippen LogP contribution is 2.05. The zero-order valence-electron chi connectivity index (χ0n) is 11.4. The van der Waals surface area contributed by atoms with Gasteiger partial charge in [0.15, 0.2) is 5.78 Å². The number of hydroxylamine groups is 2. The van der Waals surface area contributed by atoms with E-state index in [2.05, 4.69) is 0 Å². The highest BCUT2D eigenvalue weighted by atomic mass is 19.1. The Morgan fingerprint density at radius 1 is 1.10 bits per heavy atom. The molecule has 0 aliphatic heterocycles. The third kappa shape index (κ3) is 4.85. The molecule has 0 aliphatic rings. The lowest BCUT2D eigenvalue weighted by Gasteiger charge is -2.11. The second-order valence-corrected chi connectivity index (χ2v) is 4.59. The fourth-order valence-electron chi connectivity index (χ4n) is 1.83. The molecule has 0 atom stereocenters. The molecule has 0 saturated heterocycles. The first kappa shape index (κ1) is 14.9. The molecule has 0 saturated carbocycles. The van der Waals surface area contributed by atoms with Crippen molar-refractivity contribution in [2.24, 2.45) is 0 Å². The van der Waals surface area contributed by atoms with Gasteiger partial charge in [0.25, 0.3) is 0 Å². The first-order chi connectivity index (χ1) is 10.1. The Hall–Kier alpha value is -2.46. The van der Waals surface area contributed by atoms with Crippen LogP contribution in [0.1, 0.15) is 15.9 Å². The van der Waals surface area contributed by atoms with Crippen LogP contribution in [0.4, 0.5) is 4.39 Å². The molecule has 0 aromatic heterocycles. The molecule has 3 nitrogen and oxygen atoms in total. The minimum absolute atomic E-state index is 0.284. The predicted octanol–water partition coefficient (Wildman–Crippen LogP) is 3.46. The Labute approximate surface area is 122 Å². The Kier molecular flexibility index (Phi) is 5.23. The van der Waals surface area contributed by atoms with E-state index in [-0.39, 0.29) is 11.6 Å². The highest BCUT2D eigenvalue weighted by Gasteiger charge is 2.02. The molecule has 2 aromatic carbocycles. The first-order valence-electron chi connectivity index (χ1n) is 6.63. The minimum Gasteiger partial charge on any atom is -0.289 e. The molecule has 0 fully saturated rings. The summed E-state index contributed by atoms with van der Waals surface area (Å²) < 4.78 is 12.7. The fraction of sp³-hybridized carbons (Fsp3) is 0.118. The Morgan fingerprint density at radius 3 is 2.43 bits per heavy atom. The van der Waals surface area contributed by atoms with Gasteiger partial charge in [0.1, 0.15) is 5.82 Å². The van der Waals surface area contributed by atoms with Gasteiger partial charge in [-0.3, -0.25) is 15.1 Å². The molecule has 0 unspecified atom stereocenters. The molecule has 0 aliphatic carbocycles. The van der Waals surface area contributed by atoms with Gasteiger partial charge in [-0.2, -0.15) is 0 Å². The molecule has 0 spiro atoms. The molecule has 0 bridgehead atoms. The number of benzene rings is 2. The summed E-state index contributed by atoms with van der Waals surface area (Å²) >= 11 is 0. The Balaban J connectivity index is 1.85. The summed E-state index contributed by atoms with van der Waals surface area (Å²) in [6.45, 7) is 0.386. The SMILES string of the molecule is O=C(/C=C\N(O)CCc1ccccc1)c1ccc(F)cc1. The number of nitrogens with zero attached hydrogens (tertiary/aromatic N) is 1. The third-order valence-electron chi connectivity index (χ3n) is 3.00. The molecule has 1 N–H and O–H groups in total. The van der Waals surface area contributed by atoms with E-state index in [9.17, 15) is 14.4 Å². The van der Waals surface area contributed by atoms with Gasteiger partial charge in [-0.05, 0) is 36.2 Å². The van der Waals surface area contributed by atoms with Gasteiger partial charge in [0.2, 0.25) is 0 Å². The maximum Gasteiger partial charge on any atom is 0.187 e. The topological polar surface area (TPSA) is 40.5 Å². The van der Waals surface area contributed by atoms with Crippen molar-refractivity contribution in [3.05, 3.63) is 83.8 Å². The Morgan fingerprint density at radius 2 is 1.76 bits per heavy atom. The van der Waals surface area contributed by atoms with Gasteiger partial charge >= 0.3 is 0 Å². The Bertz CT molecular complexity index is 608. The van der Waals surface area contributed by atoms with Crippen molar-refractivity contribution in [1.29, 1.82) is 0 Å². The van der Waals surface area contributed by atoms with Gasteiger partial charge in [-0.25, -0.2) is 4.39 Å². The zero-order valence-corrected chi connectivity index (χ0v) is 11.4. The summed E-state index contributed by atoms with van der Waals surface area (Å²) in [7, 11) is 0.